The number of rotatable bonds is 6. The van der Waals surface area contributed by atoms with Crippen molar-refractivity contribution in [3.8, 4) is 0 Å². The minimum Gasteiger partial charge on any atom is -0.247 e. The lowest BCUT2D eigenvalue weighted by molar-refractivity contribution is 0.488. The lowest BCUT2D eigenvalue weighted by atomic mass is 10.1. The molecule has 0 N–H and O–H groups in total. The molecule has 0 saturated carbocycles. The Morgan fingerprint density at radius 2 is 1.38 bits per heavy atom. The molecule has 0 aliphatic heterocycles. The molecule has 10 heteroatoms. The van der Waals surface area contributed by atoms with Gasteiger partial charge in [0.05, 0.1) is 19.6 Å². The predicted octanol–water partition coefficient (Wildman–Crippen LogP) is 4.32. The van der Waals surface area contributed by atoms with Gasteiger partial charge in [-0.3, -0.25) is 0 Å². The second-order valence-electron chi connectivity index (χ2n) is 6.82. The van der Waals surface area contributed by atoms with Crippen LogP contribution in [0.25, 0.3) is 0 Å². The third-order valence-corrected chi connectivity index (χ3v) is 5.68. The molecule has 0 amide bonds. The summed E-state index contributed by atoms with van der Waals surface area (Å²) in [5.74, 6) is 0. The molecule has 0 spiro atoms. The van der Waals surface area contributed by atoms with E-state index >= 15 is 0 Å². The van der Waals surface area contributed by atoms with Crippen molar-refractivity contribution in [2.75, 3.05) is 0 Å². The Morgan fingerprint density at radius 3 is 1.76 bits per heavy atom. The minimum atomic E-state index is -0.711. The van der Waals surface area contributed by atoms with Crippen LogP contribution in [0.2, 0.25) is 5.02 Å². The summed E-state index contributed by atoms with van der Waals surface area (Å²) in [6, 6.07) is 5.22. The lowest BCUT2D eigenvalue weighted by Crippen LogP contribution is -2.54. The van der Waals surface area contributed by atoms with Crippen LogP contribution in [0.1, 0.15) is 25.0 Å². The third kappa shape index (κ3) is 5.71. The molecule has 0 unspecified atom stereocenters. The van der Waals surface area contributed by atoms with Gasteiger partial charge in [-0.1, -0.05) is 95.8 Å². The maximum atomic E-state index is 12.9. The van der Waals surface area contributed by atoms with Gasteiger partial charge in [0.2, 0.25) is 0 Å². The van der Waals surface area contributed by atoms with E-state index in [-0.39, 0.29) is 19.6 Å². The number of hydrogen-bond acceptors (Lipinski definition) is 3. The number of aromatic nitrogens is 3. The van der Waals surface area contributed by atoms with Crippen LogP contribution in [0.3, 0.4) is 0 Å². The summed E-state index contributed by atoms with van der Waals surface area (Å²) in [5.41, 5.74) is 0.475. The highest BCUT2D eigenvalue weighted by Crippen LogP contribution is 2.45. The Kier molecular flexibility index (Phi) is 7.75. The zero-order valence-electron chi connectivity index (χ0n) is 15.8. The van der Waals surface area contributed by atoms with Crippen LogP contribution in [-0.4, -0.2) is 13.7 Å². The van der Waals surface area contributed by atoms with Crippen LogP contribution in [0.4, 0.5) is 0 Å². The highest BCUT2D eigenvalue weighted by atomic mass is 80.0. The minimum absolute atomic E-state index is 0.0140. The van der Waals surface area contributed by atoms with Crippen molar-refractivity contribution in [1.29, 1.82) is 0 Å². The molecule has 0 atom stereocenters. The van der Waals surface area contributed by atoms with E-state index in [1.165, 1.54) is 0 Å². The molecule has 156 valence electrons. The highest BCUT2D eigenvalue weighted by molar-refractivity contribution is 9.38. The first-order valence-electron chi connectivity index (χ1n) is 8.41. The van der Waals surface area contributed by atoms with Gasteiger partial charge in [-0.05, 0) is 31.0 Å². The average Bonchev–Trinajstić information content (AvgIpc) is 2.59. The van der Waals surface area contributed by atoms with E-state index in [0.29, 0.717) is 21.7 Å². The van der Waals surface area contributed by atoms with Crippen molar-refractivity contribution >= 4 is 59.4 Å². The van der Waals surface area contributed by atoms with Crippen LogP contribution in [0.15, 0.2) is 56.9 Å². The molecule has 29 heavy (non-hydrogen) atoms. The summed E-state index contributed by atoms with van der Waals surface area (Å²) < 4.78 is 2.34. The quantitative estimate of drug-likeness (QED) is 0.361. The monoisotopic (exact) mass is 609 g/mol. The van der Waals surface area contributed by atoms with Crippen molar-refractivity contribution in [1.82, 2.24) is 13.7 Å². The van der Waals surface area contributed by atoms with Crippen LogP contribution in [0, 0.1) is 0 Å². The Bertz CT molecular complexity index is 1100. The van der Waals surface area contributed by atoms with Crippen LogP contribution < -0.4 is 17.1 Å². The summed E-state index contributed by atoms with van der Waals surface area (Å²) in [6.07, 6.45) is 0. The smallest absolute Gasteiger partial charge is 0.247 e. The maximum Gasteiger partial charge on any atom is 0.336 e. The largest absolute Gasteiger partial charge is 0.336 e. The van der Waals surface area contributed by atoms with E-state index in [1.807, 2.05) is 0 Å². The fourth-order valence-corrected chi connectivity index (χ4v) is 3.63. The molecule has 1 heterocycles. The van der Waals surface area contributed by atoms with Gasteiger partial charge in [0.15, 0.2) is 2.14 Å². The molecule has 6 nitrogen and oxygen atoms in total. The molecule has 0 saturated heterocycles. The van der Waals surface area contributed by atoms with Gasteiger partial charge < -0.3 is 0 Å². The first-order valence-corrected chi connectivity index (χ1v) is 11.2. The second-order valence-corrected chi connectivity index (χ2v) is 14.0. The Morgan fingerprint density at radius 1 is 0.931 bits per heavy atom. The molecule has 1 aromatic heterocycles. The lowest BCUT2D eigenvalue weighted by Gasteiger charge is -2.16. The van der Waals surface area contributed by atoms with E-state index in [0.717, 1.165) is 19.3 Å². The van der Waals surface area contributed by atoms with Crippen molar-refractivity contribution in [3.05, 3.63) is 90.1 Å². The van der Waals surface area contributed by atoms with Crippen molar-refractivity contribution in [2.24, 2.45) is 0 Å². The number of alkyl halides is 3. The first kappa shape index (κ1) is 24.1. The SMILES string of the molecule is C=C(C)Cn1c(=O)n(CC(=C)C)c(=O)n(Cc2ccc(C(Br)(Br)Br)cc2Cl)c1=O. The molecule has 0 aliphatic rings. The maximum absolute atomic E-state index is 12.9. The summed E-state index contributed by atoms with van der Waals surface area (Å²) >= 11 is 16.6. The zero-order chi connectivity index (χ0) is 22.1. The first-order chi connectivity index (χ1) is 13.3. The van der Waals surface area contributed by atoms with Crippen LogP contribution in [0.5, 0.6) is 0 Å². The molecule has 0 aliphatic carbocycles. The van der Waals surface area contributed by atoms with E-state index in [9.17, 15) is 14.4 Å². The molecule has 1 aromatic carbocycles. The van der Waals surface area contributed by atoms with E-state index in [1.54, 1.807) is 32.0 Å². The van der Waals surface area contributed by atoms with E-state index in [2.05, 4.69) is 60.9 Å². The third-order valence-electron chi connectivity index (χ3n) is 3.95. The van der Waals surface area contributed by atoms with Gasteiger partial charge in [-0.15, -0.1) is 0 Å². The average molecular weight is 613 g/mol. The number of halogens is 4. The normalized spacial score (nSPS) is 11.5. The standard InChI is InChI=1S/C19H19Br3ClN3O3/c1-11(2)8-24-16(27)25(9-12(3)4)18(29)26(17(24)28)10-13-5-6-14(7-15(13)23)19(20,21)22/h5-7H,1,3,8-10H2,2,4H3. The van der Waals surface area contributed by atoms with Gasteiger partial charge in [0.1, 0.15) is 0 Å². The summed E-state index contributed by atoms with van der Waals surface area (Å²) in [5, 5.41) is 0.376. The molecule has 0 bridgehead atoms. The van der Waals surface area contributed by atoms with E-state index < -0.39 is 19.2 Å². The molecule has 2 aromatic rings. The van der Waals surface area contributed by atoms with E-state index in [4.69, 9.17) is 11.6 Å². The highest BCUT2D eigenvalue weighted by Gasteiger charge is 2.22. The predicted molar refractivity (Wildman–Crippen MR) is 128 cm³/mol. The molecule has 0 fully saturated rings. The Balaban J connectivity index is 2.68. The number of benzene rings is 1. The zero-order valence-corrected chi connectivity index (χ0v) is 21.4. The summed E-state index contributed by atoms with van der Waals surface area (Å²) in [7, 11) is 0. The van der Waals surface area contributed by atoms with Gasteiger partial charge in [0, 0.05) is 5.02 Å². The second kappa shape index (κ2) is 9.32. The Hall–Kier alpha value is -1.16. The van der Waals surface area contributed by atoms with Gasteiger partial charge in [0.25, 0.3) is 0 Å². The summed E-state index contributed by atoms with van der Waals surface area (Å²) in [4.78, 5) is 38.5. The molecular weight excluding hydrogens is 593 g/mol. The molecular formula is C19H19Br3ClN3O3. The fraction of sp³-hybridized carbons (Fsp3) is 0.316. The topological polar surface area (TPSA) is 66.0 Å². The fourth-order valence-electron chi connectivity index (χ4n) is 2.65. The molecule has 0 radical (unpaired) electrons. The van der Waals surface area contributed by atoms with Crippen molar-refractivity contribution in [3.63, 3.8) is 0 Å². The summed E-state index contributed by atoms with van der Waals surface area (Å²) in [6.45, 7) is 10.9. The van der Waals surface area contributed by atoms with Crippen LogP contribution in [-0.2, 0) is 21.8 Å². The molecule has 2 rings (SSSR count). The number of nitrogens with zero attached hydrogens (tertiary/aromatic N) is 3. The van der Waals surface area contributed by atoms with Crippen molar-refractivity contribution < 1.29 is 0 Å². The number of allylic oxidation sites excluding steroid dienone is 2. The van der Waals surface area contributed by atoms with Gasteiger partial charge >= 0.3 is 17.1 Å². The Labute approximate surface area is 197 Å². The van der Waals surface area contributed by atoms with Gasteiger partial charge in [-0.25, -0.2) is 28.1 Å². The van der Waals surface area contributed by atoms with Crippen LogP contribution >= 0.6 is 59.4 Å². The number of hydrogen-bond donors (Lipinski definition) is 0. The van der Waals surface area contributed by atoms with Crippen molar-refractivity contribution in [2.45, 2.75) is 35.6 Å². The van der Waals surface area contributed by atoms with Gasteiger partial charge in [-0.2, -0.15) is 0 Å².